The molecule has 2 atom stereocenters. The van der Waals surface area contributed by atoms with Gasteiger partial charge >= 0.3 is 5.97 Å². The average Bonchev–Trinajstić information content (AvgIpc) is 3.42. The topological polar surface area (TPSA) is 95.9 Å². The van der Waals surface area contributed by atoms with E-state index >= 15 is 0 Å². The summed E-state index contributed by atoms with van der Waals surface area (Å²) in [5.41, 5.74) is 0. The summed E-state index contributed by atoms with van der Waals surface area (Å²) in [6, 6.07) is -0.544. The first-order valence-electron chi connectivity index (χ1n) is 34.6. The molecule has 76 heavy (non-hydrogen) atoms. The van der Waals surface area contributed by atoms with Crippen LogP contribution in [0.25, 0.3) is 0 Å². The third-order valence-corrected chi connectivity index (χ3v) is 16.2. The molecule has 2 unspecified atom stereocenters. The Morgan fingerprint density at radius 3 is 0.934 bits per heavy atom. The van der Waals surface area contributed by atoms with Crippen LogP contribution in [0.3, 0.4) is 0 Å². The molecule has 0 rings (SSSR count). The first-order valence-corrected chi connectivity index (χ1v) is 34.6. The van der Waals surface area contributed by atoms with Gasteiger partial charge in [-0.1, -0.05) is 321 Å². The number of allylic oxidation sites excluding steroid dienone is 4. The zero-order chi connectivity index (χ0) is 55.0. The molecule has 0 fully saturated rings. The van der Waals surface area contributed by atoms with Gasteiger partial charge < -0.3 is 20.3 Å². The first-order chi connectivity index (χ1) is 37.5. The molecule has 0 saturated carbocycles. The van der Waals surface area contributed by atoms with Crippen LogP contribution in [0.4, 0.5) is 0 Å². The van der Waals surface area contributed by atoms with Crippen molar-refractivity contribution < 1.29 is 24.5 Å². The molecule has 3 N–H and O–H groups in total. The van der Waals surface area contributed by atoms with Gasteiger partial charge in [0.1, 0.15) is 0 Å². The minimum atomic E-state index is -0.667. The Balaban J connectivity index is 3.40. The van der Waals surface area contributed by atoms with Crippen molar-refractivity contribution in [2.45, 2.75) is 398 Å². The zero-order valence-electron chi connectivity index (χ0n) is 51.5. The summed E-state index contributed by atoms with van der Waals surface area (Å²) >= 11 is 0. The minimum Gasteiger partial charge on any atom is -0.466 e. The van der Waals surface area contributed by atoms with Crippen LogP contribution < -0.4 is 5.32 Å². The second-order valence-corrected chi connectivity index (χ2v) is 23.9. The second kappa shape index (κ2) is 65.9. The van der Waals surface area contributed by atoms with Crippen LogP contribution in [-0.4, -0.2) is 47.4 Å². The van der Waals surface area contributed by atoms with Gasteiger partial charge in [-0.25, -0.2) is 0 Å². The van der Waals surface area contributed by atoms with E-state index in [1.165, 1.54) is 308 Å². The molecular formula is C70H135NO5. The van der Waals surface area contributed by atoms with Gasteiger partial charge in [0.25, 0.3) is 0 Å². The van der Waals surface area contributed by atoms with Gasteiger partial charge in [0, 0.05) is 12.8 Å². The Hall–Kier alpha value is -1.66. The first kappa shape index (κ1) is 74.3. The monoisotopic (exact) mass is 1070 g/mol. The number of carbonyl (C=O) groups excluding carboxylic acids is 2. The highest BCUT2D eigenvalue weighted by Crippen LogP contribution is 2.18. The summed E-state index contributed by atoms with van der Waals surface area (Å²) in [5, 5.41) is 23.4. The van der Waals surface area contributed by atoms with Crippen LogP contribution in [0, 0.1) is 0 Å². The van der Waals surface area contributed by atoms with E-state index in [4.69, 9.17) is 4.74 Å². The van der Waals surface area contributed by atoms with Crippen LogP contribution in [0.2, 0.25) is 0 Å². The molecule has 0 heterocycles. The Kier molecular flexibility index (Phi) is 64.4. The molecule has 0 aromatic heterocycles. The van der Waals surface area contributed by atoms with Gasteiger partial charge in [-0.05, 0) is 77.0 Å². The molecule has 0 aromatic rings. The van der Waals surface area contributed by atoms with Crippen molar-refractivity contribution in [1.82, 2.24) is 5.32 Å². The fraction of sp³-hybridized carbons (Fsp3) is 0.914. The highest BCUT2D eigenvalue weighted by atomic mass is 16.5. The number of hydrogen-bond acceptors (Lipinski definition) is 5. The fourth-order valence-electron chi connectivity index (χ4n) is 10.9. The summed E-state index contributed by atoms with van der Waals surface area (Å²) in [5.74, 6) is -0.0285. The fourth-order valence-corrected chi connectivity index (χ4v) is 10.9. The van der Waals surface area contributed by atoms with Gasteiger partial charge in [0.05, 0.1) is 25.4 Å². The maximum Gasteiger partial charge on any atom is 0.305 e. The van der Waals surface area contributed by atoms with E-state index in [1.54, 1.807) is 0 Å². The maximum atomic E-state index is 12.5. The summed E-state index contributed by atoms with van der Waals surface area (Å²) in [6.45, 7) is 4.97. The number of amides is 1. The van der Waals surface area contributed by atoms with Gasteiger partial charge in [-0.15, -0.1) is 0 Å². The van der Waals surface area contributed by atoms with Gasteiger partial charge in [0.15, 0.2) is 0 Å². The van der Waals surface area contributed by atoms with Crippen molar-refractivity contribution in [2.75, 3.05) is 13.2 Å². The van der Waals surface area contributed by atoms with Crippen molar-refractivity contribution in [1.29, 1.82) is 0 Å². The lowest BCUT2D eigenvalue weighted by molar-refractivity contribution is -0.143. The molecule has 450 valence electrons. The third kappa shape index (κ3) is 61.6. The normalized spacial score (nSPS) is 12.6. The molecule has 0 aliphatic carbocycles. The number of rotatable bonds is 65. The molecule has 6 heteroatoms. The van der Waals surface area contributed by atoms with E-state index in [-0.39, 0.29) is 18.5 Å². The summed E-state index contributed by atoms with van der Waals surface area (Å²) < 4.78 is 5.48. The SMILES string of the molecule is CCCCCCC/C=C\CCCCCCCC(=O)OCCCCCCCCCCCCCC/C=C\CCCCCCCCCCCC(=O)NC(CO)C(O)CCCCCCCCCCCCCCCCCCCCCC. The second-order valence-electron chi connectivity index (χ2n) is 23.9. The van der Waals surface area contributed by atoms with Gasteiger partial charge in [-0.2, -0.15) is 0 Å². The summed E-state index contributed by atoms with van der Waals surface area (Å²) in [7, 11) is 0. The van der Waals surface area contributed by atoms with E-state index < -0.39 is 12.1 Å². The van der Waals surface area contributed by atoms with Crippen LogP contribution in [0.5, 0.6) is 0 Å². The van der Waals surface area contributed by atoms with Crippen molar-refractivity contribution in [3.63, 3.8) is 0 Å². The molecule has 0 aliphatic rings. The Labute approximate surface area is 475 Å². The Morgan fingerprint density at radius 2 is 0.618 bits per heavy atom. The van der Waals surface area contributed by atoms with Gasteiger partial charge in [0.2, 0.25) is 5.91 Å². The standard InChI is InChI=1S/C70H135NO5/c1-3-5-7-9-11-13-15-17-19-20-21-29-32-35-38-42-46-50-54-58-62-68(73)67(66-72)71-69(74)63-59-55-51-47-43-39-36-33-30-27-25-23-22-24-26-28-31-34-37-41-45-49-53-57-61-65-76-70(75)64-60-56-52-48-44-40-18-16-14-12-10-8-6-4-2/h16,18,23,25,67-68,72-73H,3-15,17,19-22,24,26-66H2,1-2H3,(H,71,74)/b18-16-,25-23-. The molecule has 0 aliphatic heterocycles. The smallest absolute Gasteiger partial charge is 0.305 e. The predicted molar refractivity (Wildman–Crippen MR) is 333 cm³/mol. The number of carbonyl (C=O) groups is 2. The van der Waals surface area contributed by atoms with Crippen LogP contribution in [-0.2, 0) is 14.3 Å². The van der Waals surface area contributed by atoms with Crippen LogP contribution >= 0.6 is 0 Å². The molecule has 1 amide bonds. The van der Waals surface area contributed by atoms with Crippen LogP contribution in [0.15, 0.2) is 24.3 Å². The lowest BCUT2D eigenvalue weighted by atomic mass is 10.0. The Bertz CT molecular complexity index is 1190. The quantitative estimate of drug-likeness (QED) is 0.0320. The Morgan fingerprint density at radius 1 is 0.355 bits per heavy atom. The van der Waals surface area contributed by atoms with Gasteiger partial charge in [-0.3, -0.25) is 9.59 Å². The number of esters is 1. The lowest BCUT2D eigenvalue weighted by Crippen LogP contribution is -2.45. The molecule has 6 nitrogen and oxygen atoms in total. The number of nitrogens with one attached hydrogen (secondary N) is 1. The van der Waals surface area contributed by atoms with E-state index in [2.05, 4.69) is 43.5 Å². The van der Waals surface area contributed by atoms with E-state index in [9.17, 15) is 19.8 Å². The summed E-state index contributed by atoms with van der Waals surface area (Å²) in [4.78, 5) is 24.6. The lowest BCUT2D eigenvalue weighted by Gasteiger charge is -2.22. The predicted octanol–water partition coefficient (Wildman–Crippen LogP) is 22.1. The molecule has 0 saturated heterocycles. The molecule has 0 aromatic carbocycles. The van der Waals surface area contributed by atoms with Crippen molar-refractivity contribution in [3.8, 4) is 0 Å². The average molecular weight is 1070 g/mol. The molecule has 0 spiro atoms. The number of unbranched alkanes of at least 4 members (excludes halogenated alkanes) is 50. The van der Waals surface area contributed by atoms with E-state index in [1.807, 2.05) is 0 Å². The van der Waals surface area contributed by atoms with Crippen molar-refractivity contribution >= 4 is 11.9 Å². The number of hydrogen-bond donors (Lipinski definition) is 3. The maximum absolute atomic E-state index is 12.5. The molecular weight excluding hydrogens is 935 g/mol. The van der Waals surface area contributed by atoms with Crippen molar-refractivity contribution in [3.05, 3.63) is 24.3 Å². The highest BCUT2D eigenvalue weighted by Gasteiger charge is 2.20. The third-order valence-electron chi connectivity index (χ3n) is 16.2. The largest absolute Gasteiger partial charge is 0.466 e. The van der Waals surface area contributed by atoms with Crippen molar-refractivity contribution in [2.24, 2.45) is 0 Å². The minimum absolute atomic E-state index is 0.00564. The van der Waals surface area contributed by atoms with Crippen LogP contribution in [0.1, 0.15) is 386 Å². The number of ether oxygens (including phenoxy) is 1. The zero-order valence-corrected chi connectivity index (χ0v) is 51.5. The van der Waals surface area contributed by atoms with E-state index in [0.29, 0.717) is 25.9 Å². The van der Waals surface area contributed by atoms with E-state index in [0.717, 1.165) is 44.9 Å². The highest BCUT2D eigenvalue weighted by molar-refractivity contribution is 5.76. The molecule has 0 radical (unpaired) electrons. The summed E-state index contributed by atoms with van der Waals surface area (Å²) in [6.07, 6.45) is 82.1. The molecule has 0 bridgehead atoms. The number of aliphatic hydroxyl groups is 2. The number of aliphatic hydroxyl groups excluding tert-OH is 2.